The zero-order valence-electron chi connectivity index (χ0n) is 6.57. The predicted octanol–water partition coefficient (Wildman–Crippen LogP) is 1.81. The summed E-state index contributed by atoms with van der Waals surface area (Å²) in [5.41, 5.74) is -0.302. The average molecular weight is 283 g/mol. The van der Waals surface area contributed by atoms with Crippen molar-refractivity contribution in [2.75, 3.05) is 0 Å². The molecule has 0 saturated carbocycles. The second-order valence-corrected chi connectivity index (χ2v) is 4.59. The normalized spacial score (nSPS) is 11.3. The SMILES string of the molecule is O=C(O)c1cc(S(=O)(=O)F)ccc1Br. The second-order valence-electron chi connectivity index (χ2n) is 2.38. The lowest BCUT2D eigenvalue weighted by atomic mass is 10.2. The minimum absolute atomic E-state index is 0.192. The molecule has 0 aliphatic rings. The molecule has 1 aromatic rings. The molecule has 0 bridgehead atoms. The Balaban J connectivity index is 3.42. The van der Waals surface area contributed by atoms with E-state index in [0.29, 0.717) is 0 Å². The summed E-state index contributed by atoms with van der Waals surface area (Å²) in [7, 11) is -4.86. The van der Waals surface area contributed by atoms with Crippen LogP contribution in [0.5, 0.6) is 0 Å². The van der Waals surface area contributed by atoms with Crippen molar-refractivity contribution in [3.63, 3.8) is 0 Å². The van der Waals surface area contributed by atoms with Crippen LogP contribution in [-0.2, 0) is 10.2 Å². The molecule has 0 radical (unpaired) electrons. The van der Waals surface area contributed by atoms with Gasteiger partial charge in [0.05, 0.1) is 10.5 Å². The number of hydrogen-bond acceptors (Lipinski definition) is 3. The van der Waals surface area contributed by atoms with Gasteiger partial charge in [0, 0.05) is 4.47 Å². The summed E-state index contributed by atoms with van der Waals surface area (Å²) in [6.07, 6.45) is 0. The molecule has 0 aliphatic carbocycles. The van der Waals surface area contributed by atoms with E-state index in [4.69, 9.17) is 5.11 Å². The molecule has 0 atom stereocenters. The third kappa shape index (κ3) is 2.30. The molecule has 0 unspecified atom stereocenters. The van der Waals surface area contributed by atoms with Gasteiger partial charge in [0.15, 0.2) is 0 Å². The van der Waals surface area contributed by atoms with Crippen LogP contribution in [0.25, 0.3) is 0 Å². The quantitative estimate of drug-likeness (QED) is 0.840. The Kier molecular flexibility index (Phi) is 2.91. The van der Waals surface area contributed by atoms with Crippen molar-refractivity contribution in [2.24, 2.45) is 0 Å². The van der Waals surface area contributed by atoms with Crippen LogP contribution in [0.3, 0.4) is 0 Å². The van der Waals surface area contributed by atoms with Crippen molar-refractivity contribution in [3.8, 4) is 0 Å². The maximum absolute atomic E-state index is 12.5. The van der Waals surface area contributed by atoms with E-state index >= 15 is 0 Å². The fraction of sp³-hybridized carbons (Fsp3) is 0. The topological polar surface area (TPSA) is 71.4 Å². The Morgan fingerprint density at radius 2 is 2.00 bits per heavy atom. The number of carboxylic acid groups (broad SMARTS) is 1. The fourth-order valence-electron chi connectivity index (χ4n) is 0.820. The van der Waals surface area contributed by atoms with Crippen molar-refractivity contribution in [1.82, 2.24) is 0 Å². The molecular formula is C7H4BrFO4S. The Labute approximate surface area is 87.7 Å². The summed E-state index contributed by atoms with van der Waals surface area (Å²) < 4.78 is 33.5. The van der Waals surface area contributed by atoms with Gasteiger partial charge in [-0.2, -0.15) is 8.42 Å². The van der Waals surface area contributed by atoms with Gasteiger partial charge in [-0.05, 0) is 34.1 Å². The summed E-state index contributed by atoms with van der Waals surface area (Å²) in [5.74, 6) is -1.33. The molecule has 0 saturated heterocycles. The lowest BCUT2D eigenvalue weighted by Crippen LogP contribution is -2.00. The largest absolute Gasteiger partial charge is 0.478 e. The number of aromatic carboxylic acids is 1. The molecule has 1 aromatic carbocycles. The summed E-state index contributed by atoms with van der Waals surface area (Å²) in [4.78, 5) is 9.89. The lowest BCUT2D eigenvalue weighted by molar-refractivity contribution is 0.0695. The number of hydrogen-bond donors (Lipinski definition) is 1. The highest BCUT2D eigenvalue weighted by Crippen LogP contribution is 2.21. The van der Waals surface area contributed by atoms with Crippen LogP contribution >= 0.6 is 15.9 Å². The highest BCUT2D eigenvalue weighted by atomic mass is 79.9. The molecule has 0 fully saturated rings. The molecule has 0 aliphatic heterocycles. The Bertz CT molecular complexity index is 482. The fourth-order valence-corrected chi connectivity index (χ4v) is 1.73. The minimum atomic E-state index is -4.86. The van der Waals surface area contributed by atoms with E-state index in [9.17, 15) is 17.1 Å². The van der Waals surface area contributed by atoms with Crippen LogP contribution < -0.4 is 0 Å². The first-order chi connectivity index (χ1) is 6.32. The molecule has 4 nitrogen and oxygen atoms in total. The molecule has 0 amide bonds. The zero-order valence-corrected chi connectivity index (χ0v) is 8.97. The first-order valence-corrected chi connectivity index (χ1v) is 5.47. The first-order valence-electron chi connectivity index (χ1n) is 3.30. The van der Waals surface area contributed by atoms with Crippen molar-refractivity contribution < 1.29 is 22.2 Å². The van der Waals surface area contributed by atoms with Gasteiger partial charge >= 0.3 is 16.2 Å². The molecule has 76 valence electrons. The second kappa shape index (κ2) is 3.66. The van der Waals surface area contributed by atoms with E-state index < -0.39 is 21.1 Å². The number of halogens is 2. The molecule has 1 rings (SSSR count). The van der Waals surface area contributed by atoms with Crippen LogP contribution in [0.1, 0.15) is 10.4 Å². The van der Waals surface area contributed by atoms with E-state index in [0.717, 1.165) is 18.2 Å². The predicted molar refractivity (Wildman–Crippen MR) is 49.4 cm³/mol. The number of carboxylic acids is 1. The Hall–Kier alpha value is -0.950. The summed E-state index contributed by atoms with van der Waals surface area (Å²) >= 11 is 2.90. The van der Waals surface area contributed by atoms with Crippen molar-refractivity contribution in [1.29, 1.82) is 0 Å². The molecular weight excluding hydrogens is 279 g/mol. The molecule has 1 N–H and O–H groups in total. The van der Waals surface area contributed by atoms with E-state index in [1.165, 1.54) is 0 Å². The molecule has 7 heteroatoms. The van der Waals surface area contributed by atoms with E-state index in [-0.39, 0.29) is 10.0 Å². The summed E-state index contributed by atoms with van der Waals surface area (Å²) in [5, 5.41) is 8.61. The smallest absolute Gasteiger partial charge is 0.336 e. The number of benzene rings is 1. The summed E-state index contributed by atoms with van der Waals surface area (Å²) in [6, 6.07) is 2.89. The van der Waals surface area contributed by atoms with Crippen LogP contribution in [0, 0.1) is 0 Å². The van der Waals surface area contributed by atoms with Gasteiger partial charge in [-0.3, -0.25) is 0 Å². The molecule has 0 heterocycles. The van der Waals surface area contributed by atoms with Crippen LogP contribution in [-0.4, -0.2) is 19.5 Å². The zero-order chi connectivity index (χ0) is 10.9. The maximum atomic E-state index is 12.5. The van der Waals surface area contributed by atoms with E-state index in [2.05, 4.69) is 15.9 Å². The van der Waals surface area contributed by atoms with Crippen molar-refractivity contribution >= 4 is 32.1 Å². The maximum Gasteiger partial charge on any atom is 0.336 e. The van der Waals surface area contributed by atoms with Gasteiger partial charge in [-0.25, -0.2) is 4.79 Å². The number of rotatable bonds is 2. The first kappa shape index (κ1) is 11.1. The van der Waals surface area contributed by atoms with Gasteiger partial charge in [-0.15, -0.1) is 3.89 Å². The van der Waals surface area contributed by atoms with Crippen molar-refractivity contribution in [3.05, 3.63) is 28.2 Å². The highest BCUT2D eigenvalue weighted by molar-refractivity contribution is 9.10. The third-order valence-corrected chi connectivity index (χ3v) is 2.96. The van der Waals surface area contributed by atoms with Gasteiger partial charge < -0.3 is 5.11 Å². The average Bonchev–Trinajstić information content (AvgIpc) is 2.02. The standard InChI is InChI=1S/C7H4BrFO4S/c8-6-2-1-4(14(9,12)13)3-5(6)7(10)11/h1-3H,(H,10,11). The summed E-state index contributed by atoms with van der Waals surface area (Å²) in [6.45, 7) is 0. The molecule has 0 spiro atoms. The van der Waals surface area contributed by atoms with E-state index in [1.807, 2.05) is 0 Å². The van der Waals surface area contributed by atoms with Crippen molar-refractivity contribution in [2.45, 2.75) is 4.90 Å². The minimum Gasteiger partial charge on any atom is -0.478 e. The van der Waals surface area contributed by atoms with Crippen LogP contribution in [0.2, 0.25) is 0 Å². The van der Waals surface area contributed by atoms with Gasteiger partial charge in [-0.1, -0.05) is 0 Å². The van der Waals surface area contributed by atoms with Crippen LogP contribution in [0.15, 0.2) is 27.6 Å². The highest BCUT2D eigenvalue weighted by Gasteiger charge is 2.16. The van der Waals surface area contributed by atoms with Gasteiger partial charge in [0.2, 0.25) is 0 Å². The van der Waals surface area contributed by atoms with E-state index in [1.54, 1.807) is 0 Å². The third-order valence-electron chi connectivity index (χ3n) is 1.45. The molecule has 14 heavy (non-hydrogen) atoms. The van der Waals surface area contributed by atoms with Crippen LogP contribution in [0.4, 0.5) is 3.89 Å². The Morgan fingerprint density at radius 1 is 1.43 bits per heavy atom. The van der Waals surface area contributed by atoms with Gasteiger partial charge in [0.1, 0.15) is 0 Å². The number of carbonyl (C=O) groups is 1. The van der Waals surface area contributed by atoms with Gasteiger partial charge in [0.25, 0.3) is 0 Å². The monoisotopic (exact) mass is 282 g/mol. The lowest BCUT2D eigenvalue weighted by Gasteiger charge is -2.00. The Morgan fingerprint density at radius 3 is 2.43 bits per heavy atom. The molecule has 0 aromatic heterocycles.